The van der Waals surface area contributed by atoms with Gasteiger partial charge in [-0.2, -0.15) is 0 Å². The normalized spacial score (nSPS) is 15.8. The Labute approximate surface area is 151 Å². The highest BCUT2D eigenvalue weighted by Gasteiger charge is 2.18. The Kier molecular flexibility index (Phi) is 9.47. The molecule has 3 N–H and O–H groups in total. The van der Waals surface area contributed by atoms with E-state index in [1.54, 1.807) is 0 Å². The molecule has 0 bridgehead atoms. The van der Waals surface area contributed by atoms with Crippen LogP contribution in [0.1, 0.15) is 31.2 Å². The highest BCUT2D eigenvalue weighted by Crippen LogP contribution is 2.21. The number of hydrogen-bond acceptors (Lipinski definition) is 2. The van der Waals surface area contributed by atoms with Crippen molar-refractivity contribution in [3.63, 3.8) is 0 Å². The Balaban J connectivity index is 0.00000242. The Hall–Kier alpha value is -0.820. The quantitative estimate of drug-likeness (QED) is 0.408. The van der Waals surface area contributed by atoms with Crippen LogP contribution in [0.15, 0.2) is 35.3 Å². The summed E-state index contributed by atoms with van der Waals surface area (Å²) < 4.78 is 0. The van der Waals surface area contributed by atoms with Gasteiger partial charge in [0.2, 0.25) is 0 Å². The van der Waals surface area contributed by atoms with Crippen LogP contribution in [0.25, 0.3) is 0 Å². The summed E-state index contributed by atoms with van der Waals surface area (Å²) in [6.45, 7) is 2.60. The van der Waals surface area contributed by atoms with E-state index in [1.807, 2.05) is 6.07 Å². The zero-order valence-electron chi connectivity index (χ0n) is 13.5. The van der Waals surface area contributed by atoms with Gasteiger partial charge in [0.25, 0.3) is 0 Å². The number of nitrogens with zero attached hydrogens (tertiary/aromatic N) is 2. The van der Waals surface area contributed by atoms with E-state index in [4.69, 9.17) is 5.73 Å². The van der Waals surface area contributed by atoms with E-state index in [1.165, 1.54) is 31.2 Å². The van der Waals surface area contributed by atoms with Crippen LogP contribution in [0, 0.1) is 0 Å². The standard InChI is InChI=1S/C17H28N4.HI/c1-21(16-9-5-6-10-16)14-13-20-17(18)19-12-11-15-7-3-2-4-8-15;/h2-4,7-8,16H,5-6,9-14H2,1H3,(H3,18,19,20);1H. The molecule has 22 heavy (non-hydrogen) atoms. The molecule has 1 aliphatic rings. The molecule has 2 rings (SSSR count). The third-order valence-corrected chi connectivity index (χ3v) is 4.25. The first-order valence-electron chi connectivity index (χ1n) is 8.03. The maximum absolute atomic E-state index is 5.90. The predicted molar refractivity (Wildman–Crippen MR) is 105 cm³/mol. The minimum Gasteiger partial charge on any atom is -0.370 e. The number of nitrogens with two attached hydrogens (primary N) is 1. The van der Waals surface area contributed by atoms with Gasteiger partial charge >= 0.3 is 0 Å². The number of guanidine groups is 1. The van der Waals surface area contributed by atoms with Crippen LogP contribution in [0.2, 0.25) is 0 Å². The fourth-order valence-corrected chi connectivity index (χ4v) is 2.89. The third kappa shape index (κ3) is 6.96. The lowest BCUT2D eigenvalue weighted by molar-refractivity contribution is 0.252. The summed E-state index contributed by atoms with van der Waals surface area (Å²) in [5.74, 6) is 0.561. The van der Waals surface area contributed by atoms with Crippen LogP contribution in [0.3, 0.4) is 0 Å². The van der Waals surface area contributed by atoms with Crippen molar-refractivity contribution in [2.45, 2.75) is 38.1 Å². The maximum atomic E-state index is 5.90. The van der Waals surface area contributed by atoms with Crippen molar-refractivity contribution in [3.05, 3.63) is 35.9 Å². The molecule has 1 aromatic rings. The molecule has 0 saturated heterocycles. The Morgan fingerprint density at radius 2 is 1.95 bits per heavy atom. The van der Waals surface area contributed by atoms with Gasteiger partial charge in [-0.1, -0.05) is 43.2 Å². The number of aliphatic imine (C=N–C) groups is 1. The molecule has 0 amide bonds. The summed E-state index contributed by atoms with van der Waals surface area (Å²) in [5, 5.41) is 3.18. The van der Waals surface area contributed by atoms with Crippen LogP contribution >= 0.6 is 24.0 Å². The van der Waals surface area contributed by atoms with Crippen molar-refractivity contribution in [1.29, 1.82) is 0 Å². The van der Waals surface area contributed by atoms with Gasteiger partial charge in [0.1, 0.15) is 0 Å². The van der Waals surface area contributed by atoms with Gasteiger partial charge < -0.3 is 16.0 Å². The second-order valence-electron chi connectivity index (χ2n) is 5.85. The van der Waals surface area contributed by atoms with Crippen LogP contribution < -0.4 is 11.1 Å². The summed E-state index contributed by atoms with van der Waals surface area (Å²) in [6.07, 6.45) is 6.40. The summed E-state index contributed by atoms with van der Waals surface area (Å²) >= 11 is 0. The molecular weight excluding hydrogens is 387 g/mol. The van der Waals surface area contributed by atoms with Gasteiger partial charge in [-0.3, -0.25) is 4.99 Å². The fraction of sp³-hybridized carbons (Fsp3) is 0.588. The average Bonchev–Trinajstić information content (AvgIpc) is 3.02. The molecule has 0 unspecified atom stereocenters. The van der Waals surface area contributed by atoms with Crippen molar-refractivity contribution in [2.75, 3.05) is 26.7 Å². The molecule has 1 saturated carbocycles. The molecule has 1 aromatic carbocycles. The van der Waals surface area contributed by atoms with Gasteiger partial charge in [0, 0.05) is 19.1 Å². The lowest BCUT2D eigenvalue weighted by Crippen LogP contribution is -2.35. The number of nitrogens with one attached hydrogen (secondary N) is 1. The summed E-state index contributed by atoms with van der Waals surface area (Å²) in [4.78, 5) is 6.83. The Morgan fingerprint density at radius 1 is 1.27 bits per heavy atom. The van der Waals surface area contributed by atoms with E-state index in [9.17, 15) is 0 Å². The lowest BCUT2D eigenvalue weighted by atomic mass is 10.1. The van der Waals surface area contributed by atoms with E-state index in [-0.39, 0.29) is 24.0 Å². The highest BCUT2D eigenvalue weighted by molar-refractivity contribution is 14.0. The summed E-state index contributed by atoms with van der Waals surface area (Å²) in [7, 11) is 2.20. The predicted octanol–water partition coefficient (Wildman–Crippen LogP) is 2.63. The third-order valence-electron chi connectivity index (χ3n) is 4.25. The van der Waals surface area contributed by atoms with E-state index < -0.39 is 0 Å². The molecule has 0 atom stereocenters. The van der Waals surface area contributed by atoms with Crippen molar-refractivity contribution in [3.8, 4) is 0 Å². The molecule has 124 valence electrons. The van der Waals surface area contributed by atoms with Crippen molar-refractivity contribution < 1.29 is 0 Å². The lowest BCUT2D eigenvalue weighted by Gasteiger charge is -2.22. The summed E-state index contributed by atoms with van der Waals surface area (Å²) in [6, 6.07) is 11.2. The van der Waals surface area contributed by atoms with E-state index in [0.29, 0.717) is 5.96 Å². The topological polar surface area (TPSA) is 53.6 Å². The second kappa shape index (κ2) is 10.8. The molecule has 0 spiro atoms. The number of rotatable bonds is 7. The number of hydrogen-bond donors (Lipinski definition) is 2. The smallest absolute Gasteiger partial charge is 0.188 e. The van der Waals surface area contributed by atoms with Crippen LogP contribution in [-0.4, -0.2) is 43.6 Å². The van der Waals surface area contributed by atoms with E-state index in [0.717, 1.165) is 32.1 Å². The number of halogens is 1. The first-order valence-corrected chi connectivity index (χ1v) is 8.03. The Morgan fingerprint density at radius 3 is 2.64 bits per heavy atom. The van der Waals surface area contributed by atoms with Crippen molar-refractivity contribution >= 4 is 29.9 Å². The minimum absolute atomic E-state index is 0. The molecule has 0 radical (unpaired) electrons. The van der Waals surface area contributed by atoms with Crippen molar-refractivity contribution in [2.24, 2.45) is 10.7 Å². The molecule has 0 heterocycles. The first kappa shape index (κ1) is 19.2. The minimum atomic E-state index is 0. The second-order valence-corrected chi connectivity index (χ2v) is 5.85. The van der Waals surface area contributed by atoms with Gasteiger partial charge in [-0.25, -0.2) is 0 Å². The first-order chi connectivity index (χ1) is 10.3. The SMILES string of the molecule is CN(CCN=C(N)NCCc1ccccc1)C1CCCC1.I. The van der Waals surface area contributed by atoms with E-state index >= 15 is 0 Å². The number of benzene rings is 1. The van der Waals surface area contributed by atoms with E-state index in [2.05, 4.69) is 46.5 Å². The molecule has 4 nitrogen and oxygen atoms in total. The average molecular weight is 416 g/mol. The van der Waals surface area contributed by atoms with Crippen molar-refractivity contribution in [1.82, 2.24) is 10.2 Å². The van der Waals surface area contributed by atoms with Crippen LogP contribution in [-0.2, 0) is 6.42 Å². The number of likely N-dealkylation sites (N-methyl/N-ethyl adjacent to an activating group) is 1. The molecule has 1 fully saturated rings. The summed E-state index contributed by atoms with van der Waals surface area (Å²) in [5.41, 5.74) is 7.22. The molecule has 0 aliphatic heterocycles. The molecular formula is C17H29IN4. The maximum Gasteiger partial charge on any atom is 0.188 e. The zero-order valence-corrected chi connectivity index (χ0v) is 15.8. The van der Waals surface area contributed by atoms with Gasteiger partial charge in [0.05, 0.1) is 6.54 Å². The molecule has 5 heteroatoms. The fourth-order valence-electron chi connectivity index (χ4n) is 2.89. The van der Waals surface area contributed by atoms with Gasteiger partial charge in [0.15, 0.2) is 5.96 Å². The van der Waals surface area contributed by atoms with Gasteiger partial charge in [-0.05, 0) is 31.9 Å². The largest absolute Gasteiger partial charge is 0.370 e. The Bertz CT molecular complexity index is 430. The van der Waals surface area contributed by atoms with Crippen LogP contribution in [0.5, 0.6) is 0 Å². The highest BCUT2D eigenvalue weighted by atomic mass is 127. The van der Waals surface area contributed by atoms with Gasteiger partial charge in [-0.15, -0.1) is 24.0 Å². The molecule has 0 aromatic heterocycles. The zero-order chi connectivity index (χ0) is 14.9. The van der Waals surface area contributed by atoms with Crippen LogP contribution in [0.4, 0.5) is 0 Å². The monoisotopic (exact) mass is 416 g/mol. The molecule has 1 aliphatic carbocycles.